The summed E-state index contributed by atoms with van der Waals surface area (Å²) >= 11 is 0. The van der Waals surface area contributed by atoms with Gasteiger partial charge in [0.2, 0.25) is 0 Å². The van der Waals surface area contributed by atoms with Crippen molar-refractivity contribution in [2.75, 3.05) is 0 Å². The van der Waals surface area contributed by atoms with Crippen LogP contribution in [0.25, 0.3) is 5.52 Å². The first kappa shape index (κ1) is 11.1. The van der Waals surface area contributed by atoms with Crippen molar-refractivity contribution in [2.45, 2.75) is 38.6 Å². The molecule has 0 saturated heterocycles. The third-order valence-corrected chi connectivity index (χ3v) is 2.97. The van der Waals surface area contributed by atoms with Gasteiger partial charge in [0.1, 0.15) is 0 Å². The van der Waals surface area contributed by atoms with Gasteiger partial charge in [-0.05, 0) is 18.6 Å². The number of nitrogens with two attached hydrogens (primary N) is 1. The fourth-order valence-electron chi connectivity index (χ4n) is 2.01. The fourth-order valence-corrected chi connectivity index (χ4v) is 2.01. The fraction of sp³-hybridized carbons (Fsp3) is 0.462. The Balaban J connectivity index is 2.13. The molecule has 0 aliphatic carbocycles. The standard InChI is InChI=1S/C13H19N3/c1-2-3-4-7-12(14)11-10-15-16-9-6-5-8-13(11)16/h5-6,8-10,12H,2-4,7,14H2,1H3. The highest BCUT2D eigenvalue weighted by atomic mass is 15.2. The van der Waals surface area contributed by atoms with Crippen molar-refractivity contribution < 1.29 is 0 Å². The minimum absolute atomic E-state index is 0.117. The predicted molar refractivity (Wildman–Crippen MR) is 66.3 cm³/mol. The Labute approximate surface area is 96.3 Å². The summed E-state index contributed by atoms with van der Waals surface area (Å²) in [4.78, 5) is 0. The van der Waals surface area contributed by atoms with E-state index in [1.54, 1.807) is 0 Å². The van der Waals surface area contributed by atoms with Gasteiger partial charge in [0.05, 0.1) is 11.7 Å². The molecule has 0 spiro atoms. The molecule has 2 N–H and O–H groups in total. The van der Waals surface area contributed by atoms with Crippen LogP contribution in [-0.2, 0) is 0 Å². The molecule has 16 heavy (non-hydrogen) atoms. The second-order valence-electron chi connectivity index (χ2n) is 4.23. The van der Waals surface area contributed by atoms with Crippen molar-refractivity contribution in [3.63, 3.8) is 0 Å². The summed E-state index contributed by atoms with van der Waals surface area (Å²) in [6, 6.07) is 6.19. The quantitative estimate of drug-likeness (QED) is 0.782. The zero-order valence-corrected chi connectivity index (χ0v) is 9.76. The van der Waals surface area contributed by atoms with Crippen molar-refractivity contribution in [1.82, 2.24) is 9.61 Å². The average molecular weight is 217 g/mol. The first-order chi connectivity index (χ1) is 7.83. The van der Waals surface area contributed by atoms with Crippen LogP contribution in [0.15, 0.2) is 30.6 Å². The number of pyridine rings is 1. The second kappa shape index (κ2) is 5.12. The van der Waals surface area contributed by atoms with E-state index in [9.17, 15) is 0 Å². The molecular formula is C13H19N3. The first-order valence-electron chi connectivity index (χ1n) is 6.00. The summed E-state index contributed by atoms with van der Waals surface area (Å²) in [5.41, 5.74) is 8.49. The molecule has 2 aromatic rings. The van der Waals surface area contributed by atoms with Gasteiger partial charge in [0.15, 0.2) is 0 Å². The van der Waals surface area contributed by atoms with Crippen LogP contribution in [0.1, 0.15) is 44.2 Å². The van der Waals surface area contributed by atoms with Gasteiger partial charge in [0, 0.05) is 17.8 Å². The largest absolute Gasteiger partial charge is 0.324 e. The molecule has 1 unspecified atom stereocenters. The van der Waals surface area contributed by atoms with Crippen LogP contribution >= 0.6 is 0 Å². The molecule has 2 rings (SSSR count). The highest BCUT2D eigenvalue weighted by Crippen LogP contribution is 2.21. The summed E-state index contributed by atoms with van der Waals surface area (Å²) < 4.78 is 1.88. The number of nitrogens with zero attached hydrogens (tertiary/aromatic N) is 2. The number of hydrogen-bond donors (Lipinski definition) is 1. The van der Waals surface area contributed by atoms with Crippen molar-refractivity contribution in [3.05, 3.63) is 36.2 Å². The molecule has 1 atom stereocenters. The number of aromatic nitrogens is 2. The SMILES string of the molecule is CCCCCC(N)c1cnn2ccccc12. The third-order valence-electron chi connectivity index (χ3n) is 2.97. The molecule has 0 aliphatic heterocycles. The molecular weight excluding hydrogens is 198 g/mol. The van der Waals surface area contributed by atoms with Gasteiger partial charge < -0.3 is 5.73 Å². The van der Waals surface area contributed by atoms with E-state index in [0.717, 1.165) is 17.5 Å². The van der Waals surface area contributed by atoms with Gasteiger partial charge in [-0.2, -0.15) is 5.10 Å². The van der Waals surface area contributed by atoms with Crippen LogP contribution in [0.2, 0.25) is 0 Å². The molecule has 0 fully saturated rings. The second-order valence-corrected chi connectivity index (χ2v) is 4.23. The van der Waals surface area contributed by atoms with E-state index in [0.29, 0.717) is 0 Å². The highest BCUT2D eigenvalue weighted by molar-refractivity contribution is 5.54. The maximum atomic E-state index is 6.19. The van der Waals surface area contributed by atoms with Crippen LogP contribution in [0, 0.1) is 0 Å². The molecule has 0 amide bonds. The van der Waals surface area contributed by atoms with Gasteiger partial charge >= 0.3 is 0 Å². The van der Waals surface area contributed by atoms with Crippen molar-refractivity contribution >= 4 is 5.52 Å². The molecule has 86 valence electrons. The maximum Gasteiger partial charge on any atom is 0.0709 e. The topological polar surface area (TPSA) is 43.3 Å². The van der Waals surface area contributed by atoms with Gasteiger partial charge in [-0.1, -0.05) is 32.3 Å². The smallest absolute Gasteiger partial charge is 0.0709 e. The lowest BCUT2D eigenvalue weighted by atomic mass is 10.0. The lowest BCUT2D eigenvalue weighted by Gasteiger charge is -2.09. The molecule has 0 aliphatic rings. The Morgan fingerprint density at radius 1 is 1.38 bits per heavy atom. The third kappa shape index (κ3) is 2.25. The van der Waals surface area contributed by atoms with Crippen molar-refractivity contribution in [3.8, 4) is 0 Å². The lowest BCUT2D eigenvalue weighted by molar-refractivity contribution is 0.584. The van der Waals surface area contributed by atoms with Crippen LogP contribution in [0.5, 0.6) is 0 Å². The zero-order chi connectivity index (χ0) is 11.4. The Morgan fingerprint density at radius 2 is 2.25 bits per heavy atom. The molecule has 0 saturated carbocycles. The van der Waals surface area contributed by atoms with E-state index in [4.69, 9.17) is 5.73 Å². The van der Waals surface area contributed by atoms with Crippen LogP contribution in [0.4, 0.5) is 0 Å². The predicted octanol–water partition coefficient (Wildman–Crippen LogP) is 2.91. The summed E-state index contributed by atoms with van der Waals surface area (Å²) in [5, 5.41) is 4.30. The Bertz CT molecular complexity index is 447. The lowest BCUT2D eigenvalue weighted by Crippen LogP contribution is -2.09. The Hall–Kier alpha value is -1.35. The Morgan fingerprint density at radius 3 is 3.06 bits per heavy atom. The van der Waals surface area contributed by atoms with Gasteiger partial charge in [-0.25, -0.2) is 4.52 Å². The highest BCUT2D eigenvalue weighted by Gasteiger charge is 2.11. The van der Waals surface area contributed by atoms with Crippen molar-refractivity contribution in [2.24, 2.45) is 5.73 Å². The molecule has 0 bridgehead atoms. The number of unbranched alkanes of at least 4 members (excludes halogenated alkanes) is 2. The summed E-state index contributed by atoms with van der Waals surface area (Å²) in [6.07, 6.45) is 8.59. The van der Waals surface area contributed by atoms with E-state index < -0.39 is 0 Å². The summed E-state index contributed by atoms with van der Waals surface area (Å²) in [7, 11) is 0. The zero-order valence-electron chi connectivity index (χ0n) is 9.76. The van der Waals surface area contributed by atoms with Crippen LogP contribution in [0.3, 0.4) is 0 Å². The van der Waals surface area contributed by atoms with Crippen LogP contribution < -0.4 is 5.73 Å². The van der Waals surface area contributed by atoms with E-state index in [2.05, 4.69) is 18.1 Å². The molecule has 3 heteroatoms. The van der Waals surface area contributed by atoms with E-state index in [1.165, 1.54) is 19.3 Å². The first-order valence-corrected chi connectivity index (χ1v) is 6.00. The average Bonchev–Trinajstić information content (AvgIpc) is 2.73. The van der Waals surface area contributed by atoms with Crippen LogP contribution in [-0.4, -0.2) is 9.61 Å². The van der Waals surface area contributed by atoms with Gasteiger partial charge in [0.25, 0.3) is 0 Å². The Kier molecular flexibility index (Phi) is 3.57. The van der Waals surface area contributed by atoms with Gasteiger partial charge in [-0.3, -0.25) is 0 Å². The summed E-state index contributed by atoms with van der Waals surface area (Å²) in [5.74, 6) is 0. The number of hydrogen-bond acceptors (Lipinski definition) is 2. The maximum absolute atomic E-state index is 6.19. The summed E-state index contributed by atoms with van der Waals surface area (Å²) in [6.45, 7) is 2.21. The molecule has 2 heterocycles. The minimum atomic E-state index is 0.117. The normalized spacial score (nSPS) is 13.1. The monoisotopic (exact) mass is 217 g/mol. The number of rotatable bonds is 5. The van der Waals surface area contributed by atoms with E-state index in [1.807, 2.05) is 29.0 Å². The number of fused-ring (bicyclic) bond motifs is 1. The van der Waals surface area contributed by atoms with E-state index >= 15 is 0 Å². The van der Waals surface area contributed by atoms with Crippen molar-refractivity contribution in [1.29, 1.82) is 0 Å². The van der Waals surface area contributed by atoms with E-state index in [-0.39, 0.29) is 6.04 Å². The molecule has 3 nitrogen and oxygen atoms in total. The van der Waals surface area contributed by atoms with Gasteiger partial charge in [-0.15, -0.1) is 0 Å². The molecule has 0 aromatic carbocycles. The molecule has 0 radical (unpaired) electrons. The minimum Gasteiger partial charge on any atom is -0.324 e. The molecule has 2 aromatic heterocycles.